The summed E-state index contributed by atoms with van der Waals surface area (Å²) in [6.07, 6.45) is 1.52. The van der Waals surface area contributed by atoms with Gasteiger partial charge in [-0.1, -0.05) is 34.6 Å². The summed E-state index contributed by atoms with van der Waals surface area (Å²) < 4.78 is 14.5. The topological polar surface area (TPSA) is 164 Å². The van der Waals surface area contributed by atoms with Crippen LogP contribution in [0.25, 0.3) is 9.40 Å². The van der Waals surface area contributed by atoms with Crippen molar-refractivity contribution in [3.05, 3.63) is 49.3 Å². The van der Waals surface area contributed by atoms with Crippen molar-refractivity contribution in [3.8, 4) is 0 Å². The maximum Gasteiger partial charge on any atom is 0.316 e. The number of aliphatic carboxylic acids is 1. The highest BCUT2D eigenvalue weighted by molar-refractivity contribution is 8.04. The molecule has 2 unspecified atom stereocenters. The predicted octanol–water partition coefficient (Wildman–Crippen LogP) is 3.44. The highest BCUT2D eigenvalue weighted by Gasteiger charge is 2.57. The minimum Gasteiger partial charge on any atom is -0.481 e. The molecule has 3 aromatic rings. The van der Waals surface area contributed by atoms with Gasteiger partial charge in [-0.25, -0.2) is 9.37 Å². The van der Waals surface area contributed by atoms with E-state index in [4.69, 9.17) is 17.3 Å². The Morgan fingerprint density at radius 1 is 1.40 bits per heavy atom. The molecule has 2 aliphatic rings. The van der Waals surface area contributed by atoms with Crippen LogP contribution in [0.5, 0.6) is 0 Å². The summed E-state index contributed by atoms with van der Waals surface area (Å²) in [6.45, 7) is -1.38. The number of aromatic nitrogens is 1. The molecule has 0 saturated carbocycles. The lowest BCUT2D eigenvalue weighted by Gasteiger charge is -2.53. The van der Waals surface area contributed by atoms with E-state index in [1.54, 1.807) is 11.5 Å². The van der Waals surface area contributed by atoms with Gasteiger partial charge in [-0.2, -0.15) is 0 Å². The number of nitrogens with zero attached hydrogens (tertiary/aromatic N) is 3. The second-order valence-corrected chi connectivity index (χ2v) is 14.6. The van der Waals surface area contributed by atoms with Crippen LogP contribution < -0.4 is 16.5 Å². The first kappa shape index (κ1) is 28.8. The van der Waals surface area contributed by atoms with Crippen LogP contribution >= 0.6 is 69.1 Å². The number of thiophene rings is 1. The zero-order valence-corrected chi connectivity index (χ0v) is 24.7. The van der Waals surface area contributed by atoms with Crippen molar-refractivity contribution < 1.29 is 28.7 Å². The number of thiazole rings is 1. The fraction of sp³-hybridized carbons (Fsp3) is 0.273. The monoisotopic (exact) mass is 661 g/mol. The summed E-state index contributed by atoms with van der Waals surface area (Å²) in [5.74, 6) is -2.27. The van der Waals surface area contributed by atoms with Crippen molar-refractivity contribution in [1.82, 2.24) is 15.2 Å². The van der Waals surface area contributed by atoms with Crippen molar-refractivity contribution in [2.75, 3.05) is 24.9 Å². The lowest BCUT2D eigenvalue weighted by molar-refractivity contribution is -0.156. The van der Waals surface area contributed by atoms with Crippen molar-refractivity contribution in [2.45, 2.75) is 15.6 Å². The van der Waals surface area contributed by atoms with E-state index in [0.29, 0.717) is 13.9 Å². The first-order chi connectivity index (χ1) is 19.1. The standard InChI is InChI=1S/C22H17ClFN5O6S5/c23-12-3-9-11(30)4-13(40-19(9)39-12)36-2-1-22(20(33)34)6-29-17(32)15(18(29)38-7-22)27-16(31)14(28-35-8-24)10-5-37-21(25)26-10/h1-5,15,18H,6-8H2,(H2,25,26)(H,27,31)(H,33,34)/t15?,18-,22?/m1/s1. The third-order valence-electron chi connectivity index (χ3n) is 5.95. The molecule has 0 radical (unpaired) electrons. The first-order valence-electron chi connectivity index (χ1n) is 11.1. The zero-order chi connectivity index (χ0) is 28.6. The minimum absolute atomic E-state index is 0.0623. The molecule has 210 valence electrons. The average Bonchev–Trinajstić information content (AvgIpc) is 3.52. The molecule has 18 heteroatoms. The Morgan fingerprint density at radius 2 is 2.20 bits per heavy atom. The van der Waals surface area contributed by atoms with Crippen LogP contribution in [0.15, 0.2) is 43.2 Å². The molecule has 3 atom stereocenters. The molecule has 2 aliphatic heterocycles. The Hall–Kier alpha value is -2.70. The van der Waals surface area contributed by atoms with E-state index in [0.717, 1.165) is 15.4 Å². The van der Waals surface area contributed by atoms with Gasteiger partial charge in [0.05, 0.1) is 17.9 Å². The highest BCUT2D eigenvalue weighted by atomic mass is 35.5. The molecule has 0 spiro atoms. The summed E-state index contributed by atoms with van der Waals surface area (Å²) in [7, 11) is 0. The zero-order valence-electron chi connectivity index (χ0n) is 19.9. The Bertz CT molecular complexity index is 1620. The van der Waals surface area contributed by atoms with Gasteiger partial charge < -0.3 is 25.9 Å². The summed E-state index contributed by atoms with van der Waals surface area (Å²) in [5, 5.41) is 19.3. The van der Waals surface area contributed by atoms with Crippen molar-refractivity contribution in [1.29, 1.82) is 0 Å². The van der Waals surface area contributed by atoms with Gasteiger partial charge in [0, 0.05) is 23.7 Å². The van der Waals surface area contributed by atoms with Gasteiger partial charge in [0.15, 0.2) is 16.3 Å². The number of β-lactam (4-membered cyclic amide) rings is 1. The van der Waals surface area contributed by atoms with Crippen LogP contribution in [0.2, 0.25) is 4.34 Å². The average molecular weight is 662 g/mol. The number of anilines is 1. The highest BCUT2D eigenvalue weighted by Crippen LogP contribution is 2.44. The molecule has 40 heavy (non-hydrogen) atoms. The number of amides is 2. The molecule has 0 aliphatic carbocycles. The van der Waals surface area contributed by atoms with Crippen molar-refractivity contribution in [2.24, 2.45) is 10.6 Å². The number of carboxylic acid groups (broad SMARTS) is 1. The number of carbonyl (C=O) groups excluding carboxylic acids is 2. The number of oxime groups is 1. The van der Waals surface area contributed by atoms with Crippen LogP contribution in [-0.4, -0.2) is 69.1 Å². The summed E-state index contributed by atoms with van der Waals surface area (Å²) >= 11 is 12.2. The molecular weight excluding hydrogens is 645 g/mol. The van der Waals surface area contributed by atoms with Crippen LogP contribution in [0.4, 0.5) is 9.52 Å². The van der Waals surface area contributed by atoms with E-state index < -0.39 is 41.5 Å². The van der Waals surface area contributed by atoms with Gasteiger partial charge in [-0.05, 0) is 11.5 Å². The van der Waals surface area contributed by atoms with Crippen LogP contribution in [0, 0.1) is 5.41 Å². The second kappa shape index (κ2) is 11.7. The molecule has 0 bridgehead atoms. The van der Waals surface area contributed by atoms with Gasteiger partial charge in [-0.15, -0.1) is 45.8 Å². The van der Waals surface area contributed by atoms with Gasteiger partial charge >= 0.3 is 5.97 Å². The van der Waals surface area contributed by atoms with Gasteiger partial charge in [0.2, 0.25) is 5.91 Å². The number of hydrogen-bond acceptors (Lipinski definition) is 13. The molecule has 0 aromatic carbocycles. The number of rotatable bonds is 9. The number of thioether (sulfide) groups is 2. The Labute approximate surface area is 250 Å². The van der Waals surface area contributed by atoms with E-state index in [1.807, 2.05) is 0 Å². The number of alkyl halides is 1. The van der Waals surface area contributed by atoms with Gasteiger partial charge in [-0.3, -0.25) is 19.2 Å². The van der Waals surface area contributed by atoms with Crippen molar-refractivity contribution in [3.63, 3.8) is 0 Å². The van der Waals surface area contributed by atoms with Crippen LogP contribution in [-0.2, 0) is 19.2 Å². The number of nitrogens with two attached hydrogens (primary N) is 1. The van der Waals surface area contributed by atoms with E-state index >= 15 is 0 Å². The molecule has 3 aromatic heterocycles. The maximum absolute atomic E-state index is 12.9. The molecule has 4 N–H and O–H groups in total. The minimum atomic E-state index is -1.38. The Kier molecular flexibility index (Phi) is 8.40. The van der Waals surface area contributed by atoms with Crippen LogP contribution in [0.3, 0.4) is 0 Å². The number of nitrogen functional groups attached to an aromatic ring is 1. The molecule has 2 saturated heterocycles. The van der Waals surface area contributed by atoms with Crippen LogP contribution in [0.1, 0.15) is 5.69 Å². The molecule has 11 nitrogen and oxygen atoms in total. The third kappa shape index (κ3) is 5.58. The SMILES string of the molecule is Nc1nc(C(=NOCF)C(=O)NC2C(=O)N3CC(C=CSc4cc(=O)c5cc(Cl)sc5s4)(C(=O)O)CS[C@H]23)cs1. The van der Waals surface area contributed by atoms with E-state index in [9.17, 15) is 28.7 Å². The fourth-order valence-electron chi connectivity index (χ4n) is 3.98. The van der Waals surface area contributed by atoms with Gasteiger partial charge in [0.25, 0.3) is 12.8 Å². The smallest absolute Gasteiger partial charge is 0.316 e. The van der Waals surface area contributed by atoms with Crippen molar-refractivity contribution >= 4 is 107 Å². The number of halogens is 2. The summed E-state index contributed by atoms with van der Waals surface area (Å²) in [4.78, 5) is 60.2. The summed E-state index contributed by atoms with van der Waals surface area (Å²) in [6, 6.07) is 2.16. The molecule has 2 fully saturated rings. The second-order valence-electron chi connectivity index (χ2n) is 8.43. The molecule has 5 rings (SSSR count). The molecule has 5 heterocycles. The van der Waals surface area contributed by atoms with Gasteiger partial charge in [0.1, 0.15) is 22.5 Å². The fourth-order valence-corrected chi connectivity index (χ4v) is 9.88. The molecule has 2 amide bonds. The maximum atomic E-state index is 12.9. The lowest BCUT2D eigenvalue weighted by atomic mass is 9.87. The number of fused-ring (bicyclic) bond motifs is 2. The predicted molar refractivity (Wildman–Crippen MR) is 156 cm³/mol. The largest absolute Gasteiger partial charge is 0.481 e. The first-order valence-corrected chi connectivity index (χ1v) is 15.9. The van der Waals surface area contributed by atoms with E-state index in [2.05, 4.69) is 20.3 Å². The number of carboxylic acids is 1. The van der Waals surface area contributed by atoms with E-state index in [1.165, 1.54) is 68.6 Å². The number of nitrogens with one attached hydrogen (secondary N) is 1. The Morgan fingerprint density at radius 3 is 2.90 bits per heavy atom. The summed E-state index contributed by atoms with van der Waals surface area (Å²) in [5.41, 5.74) is 3.78. The van der Waals surface area contributed by atoms with E-state index in [-0.39, 0.29) is 34.3 Å². The molecular formula is C22H17ClFN5O6S5. The normalized spacial score (nSPS) is 22.8. The number of hydrogen-bond donors (Lipinski definition) is 3. The Balaban J connectivity index is 1.27. The third-order valence-corrected chi connectivity index (χ3v) is 11.6. The lowest BCUT2D eigenvalue weighted by Crippen LogP contribution is -2.73. The number of carbonyl (C=O) groups is 3. The quantitative estimate of drug-likeness (QED) is 0.134.